The van der Waals surface area contributed by atoms with Gasteiger partial charge in [-0.05, 0) is 23.6 Å². The van der Waals surface area contributed by atoms with Crippen LogP contribution in [0.3, 0.4) is 0 Å². The highest BCUT2D eigenvalue weighted by Gasteiger charge is 2.23. The third kappa shape index (κ3) is 2.15. The summed E-state index contributed by atoms with van der Waals surface area (Å²) in [4.78, 5) is 13.6. The van der Waals surface area contributed by atoms with E-state index in [0.29, 0.717) is 11.1 Å². The summed E-state index contributed by atoms with van der Waals surface area (Å²) in [5, 5.41) is 9.14. The van der Waals surface area contributed by atoms with E-state index < -0.39 is 5.76 Å². The molecule has 5 nitrogen and oxygen atoms in total. The zero-order chi connectivity index (χ0) is 13.3. The number of hydrogen-bond acceptors (Lipinski definition) is 4. The van der Waals surface area contributed by atoms with Gasteiger partial charge in [0, 0.05) is 6.04 Å². The molecule has 5 heteroatoms. The van der Waals surface area contributed by atoms with Crippen molar-refractivity contribution in [2.45, 2.75) is 19.9 Å². The van der Waals surface area contributed by atoms with Crippen molar-refractivity contribution in [2.24, 2.45) is 17.6 Å². The fraction of sp³-hybridized carbons (Fsp3) is 0.385. The van der Waals surface area contributed by atoms with E-state index in [1.807, 2.05) is 19.9 Å². The Morgan fingerprint density at radius 3 is 2.78 bits per heavy atom. The van der Waals surface area contributed by atoms with Gasteiger partial charge in [-0.25, -0.2) is 4.79 Å². The summed E-state index contributed by atoms with van der Waals surface area (Å²) in [6.07, 6.45) is 0. The summed E-state index contributed by atoms with van der Waals surface area (Å²) < 4.78 is 4.98. The van der Waals surface area contributed by atoms with Gasteiger partial charge in [0.2, 0.25) is 0 Å². The van der Waals surface area contributed by atoms with E-state index in [9.17, 15) is 4.79 Å². The van der Waals surface area contributed by atoms with E-state index in [1.54, 1.807) is 12.1 Å². The molecule has 1 aromatic carbocycles. The molecule has 2 aromatic rings. The van der Waals surface area contributed by atoms with Crippen LogP contribution in [-0.4, -0.2) is 4.98 Å². The quantitative estimate of drug-likeness (QED) is 0.863. The van der Waals surface area contributed by atoms with Crippen molar-refractivity contribution in [3.05, 3.63) is 34.3 Å². The van der Waals surface area contributed by atoms with E-state index >= 15 is 0 Å². The van der Waals surface area contributed by atoms with Crippen LogP contribution in [0.5, 0.6) is 0 Å². The molecule has 2 atom stereocenters. The standard InChI is InChI=1S/C13H15N3O2/c1-7(2)9(6-14)12(15)8-3-4-10-11(5-8)18-13(17)16-10/h3-5,7,9,12H,15H2,1-2H3,(H,16,17). The van der Waals surface area contributed by atoms with Crippen LogP contribution in [0.4, 0.5) is 0 Å². The minimum Gasteiger partial charge on any atom is -0.408 e. The molecule has 2 unspecified atom stereocenters. The first-order valence-electron chi connectivity index (χ1n) is 5.81. The van der Waals surface area contributed by atoms with E-state index in [-0.39, 0.29) is 17.9 Å². The van der Waals surface area contributed by atoms with Crippen LogP contribution < -0.4 is 11.5 Å². The first kappa shape index (κ1) is 12.4. The zero-order valence-electron chi connectivity index (χ0n) is 10.3. The fourth-order valence-corrected chi connectivity index (χ4v) is 2.02. The first-order chi connectivity index (χ1) is 8.52. The lowest BCUT2D eigenvalue weighted by Crippen LogP contribution is -2.24. The molecule has 0 radical (unpaired) electrons. The molecule has 1 heterocycles. The van der Waals surface area contributed by atoms with Gasteiger partial charge in [0.05, 0.1) is 17.5 Å². The largest absolute Gasteiger partial charge is 0.417 e. The molecule has 0 amide bonds. The van der Waals surface area contributed by atoms with E-state index in [1.165, 1.54) is 0 Å². The smallest absolute Gasteiger partial charge is 0.408 e. The molecule has 0 aliphatic carbocycles. The maximum Gasteiger partial charge on any atom is 0.417 e. The van der Waals surface area contributed by atoms with Crippen molar-refractivity contribution in [2.75, 3.05) is 0 Å². The minimum absolute atomic E-state index is 0.166. The maximum absolute atomic E-state index is 11.1. The van der Waals surface area contributed by atoms with Gasteiger partial charge in [-0.1, -0.05) is 19.9 Å². The predicted octanol–water partition coefficient (Wildman–Crippen LogP) is 1.92. The Balaban J connectivity index is 2.41. The molecule has 0 spiro atoms. The van der Waals surface area contributed by atoms with Crippen LogP contribution in [0.2, 0.25) is 0 Å². The highest BCUT2D eigenvalue weighted by atomic mass is 16.4. The molecule has 3 N–H and O–H groups in total. The summed E-state index contributed by atoms with van der Waals surface area (Å²) in [7, 11) is 0. The van der Waals surface area contributed by atoms with Crippen LogP contribution in [0.15, 0.2) is 27.4 Å². The van der Waals surface area contributed by atoms with Gasteiger partial charge in [-0.15, -0.1) is 0 Å². The van der Waals surface area contributed by atoms with Gasteiger partial charge in [0.25, 0.3) is 0 Å². The molecule has 0 fully saturated rings. The van der Waals surface area contributed by atoms with Gasteiger partial charge < -0.3 is 10.2 Å². The Morgan fingerprint density at radius 2 is 2.17 bits per heavy atom. The third-order valence-corrected chi connectivity index (χ3v) is 3.08. The normalized spacial score (nSPS) is 14.6. The number of benzene rings is 1. The molecular formula is C13H15N3O2. The second-order valence-electron chi connectivity index (χ2n) is 4.69. The first-order valence-corrected chi connectivity index (χ1v) is 5.81. The van der Waals surface area contributed by atoms with Crippen LogP contribution in [0, 0.1) is 23.2 Å². The number of rotatable bonds is 3. The van der Waals surface area contributed by atoms with Crippen LogP contribution >= 0.6 is 0 Å². The summed E-state index contributed by atoms with van der Waals surface area (Å²) in [5.41, 5.74) is 7.99. The fourth-order valence-electron chi connectivity index (χ4n) is 2.02. The highest BCUT2D eigenvalue weighted by Crippen LogP contribution is 2.27. The molecule has 2 rings (SSSR count). The molecule has 0 aliphatic rings. The van der Waals surface area contributed by atoms with Crippen molar-refractivity contribution in [1.82, 2.24) is 4.98 Å². The van der Waals surface area contributed by atoms with Crippen molar-refractivity contribution in [1.29, 1.82) is 5.26 Å². The molecular weight excluding hydrogens is 230 g/mol. The monoisotopic (exact) mass is 245 g/mol. The van der Waals surface area contributed by atoms with Gasteiger partial charge in [-0.3, -0.25) is 4.98 Å². The van der Waals surface area contributed by atoms with E-state index in [4.69, 9.17) is 15.4 Å². The molecule has 18 heavy (non-hydrogen) atoms. The van der Waals surface area contributed by atoms with Gasteiger partial charge in [-0.2, -0.15) is 5.26 Å². The Kier molecular flexibility index (Phi) is 3.21. The van der Waals surface area contributed by atoms with Crippen LogP contribution in [0.1, 0.15) is 25.5 Å². The molecule has 0 aliphatic heterocycles. The molecule has 0 saturated carbocycles. The number of H-pyrrole nitrogens is 1. The Labute approximate surface area is 104 Å². The number of nitriles is 1. The molecule has 94 valence electrons. The number of nitrogens with two attached hydrogens (primary N) is 1. The van der Waals surface area contributed by atoms with Crippen LogP contribution in [0.25, 0.3) is 11.1 Å². The second-order valence-corrected chi connectivity index (χ2v) is 4.69. The summed E-state index contributed by atoms with van der Waals surface area (Å²) >= 11 is 0. The number of hydrogen-bond donors (Lipinski definition) is 2. The van der Waals surface area contributed by atoms with Gasteiger partial charge in [0.15, 0.2) is 5.58 Å². The number of nitrogens with zero attached hydrogens (tertiary/aromatic N) is 1. The Hall–Kier alpha value is -2.06. The molecule has 1 aromatic heterocycles. The topological polar surface area (TPSA) is 95.8 Å². The number of aromatic nitrogens is 1. The zero-order valence-corrected chi connectivity index (χ0v) is 10.3. The second kappa shape index (κ2) is 4.67. The van der Waals surface area contributed by atoms with Crippen molar-refractivity contribution >= 4 is 11.1 Å². The van der Waals surface area contributed by atoms with Gasteiger partial charge >= 0.3 is 5.76 Å². The van der Waals surface area contributed by atoms with Crippen molar-refractivity contribution < 1.29 is 4.42 Å². The number of aromatic amines is 1. The Morgan fingerprint density at radius 1 is 1.44 bits per heavy atom. The lowest BCUT2D eigenvalue weighted by molar-refractivity contribution is 0.403. The van der Waals surface area contributed by atoms with Crippen molar-refractivity contribution in [3.8, 4) is 6.07 Å². The summed E-state index contributed by atoms with van der Waals surface area (Å²) in [6, 6.07) is 7.10. The molecule has 0 bridgehead atoms. The number of fused-ring (bicyclic) bond motifs is 1. The van der Waals surface area contributed by atoms with Gasteiger partial charge in [0.1, 0.15) is 0 Å². The number of oxazole rings is 1. The summed E-state index contributed by atoms with van der Waals surface area (Å²) in [5.74, 6) is -0.594. The minimum atomic E-state index is -0.489. The summed E-state index contributed by atoms with van der Waals surface area (Å²) in [6.45, 7) is 3.92. The maximum atomic E-state index is 11.1. The third-order valence-electron chi connectivity index (χ3n) is 3.08. The Bertz CT molecular complexity index is 648. The highest BCUT2D eigenvalue weighted by molar-refractivity contribution is 5.72. The average Bonchev–Trinajstić information content (AvgIpc) is 2.68. The van der Waals surface area contributed by atoms with Crippen LogP contribution in [-0.2, 0) is 0 Å². The lowest BCUT2D eigenvalue weighted by Gasteiger charge is -2.21. The predicted molar refractivity (Wildman–Crippen MR) is 67.7 cm³/mol. The van der Waals surface area contributed by atoms with E-state index in [2.05, 4.69) is 11.1 Å². The number of nitrogens with one attached hydrogen (secondary N) is 1. The molecule has 0 saturated heterocycles. The van der Waals surface area contributed by atoms with Crippen molar-refractivity contribution in [3.63, 3.8) is 0 Å². The van der Waals surface area contributed by atoms with E-state index in [0.717, 1.165) is 5.56 Å². The SMILES string of the molecule is CC(C)C(C#N)C(N)c1ccc2[nH]c(=O)oc2c1. The lowest BCUT2D eigenvalue weighted by atomic mass is 9.86. The average molecular weight is 245 g/mol.